The lowest BCUT2D eigenvalue weighted by Gasteiger charge is -2.30. The largest absolute Gasteiger partial charge is 0.354 e. The smallest absolute Gasteiger partial charge is 0.189 e. The van der Waals surface area contributed by atoms with Gasteiger partial charge in [-0.1, -0.05) is 0 Å². The number of benzene rings is 1. The van der Waals surface area contributed by atoms with Gasteiger partial charge in [0.1, 0.15) is 24.1 Å². The number of anilines is 1. The third-order valence-electron chi connectivity index (χ3n) is 4.88. The molecule has 3 aliphatic heterocycles. The zero-order valence-electron chi connectivity index (χ0n) is 16.2. The number of halogens is 1. The van der Waals surface area contributed by atoms with Crippen LogP contribution in [0.3, 0.4) is 0 Å². The Bertz CT molecular complexity index is 744. The molecule has 0 amide bonds. The molecule has 1 unspecified atom stereocenters. The Hall–Kier alpha value is -1.36. The zero-order valence-corrected chi connectivity index (χ0v) is 17.0. The van der Waals surface area contributed by atoms with E-state index in [1.165, 1.54) is 12.1 Å². The molecule has 2 N–H and O–H groups in total. The Morgan fingerprint density at radius 1 is 1.04 bits per heavy atom. The Morgan fingerprint density at radius 2 is 1.75 bits per heavy atom. The highest BCUT2D eigenvalue weighted by atomic mass is 32.1. The summed E-state index contributed by atoms with van der Waals surface area (Å²) >= 11 is 5.46. The van der Waals surface area contributed by atoms with Crippen molar-refractivity contribution < 1.29 is 28.1 Å². The van der Waals surface area contributed by atoms with E-state index in [0.717, 1.165) is 0 Å². The molecule has 3 saturated heterocycles. The second-order valence-electron chi connectivity index (χ2n) is 8.07. The summed E-state index contributed by atoms with van der Waals surface area (Å²) in [5.41, 5.74) is 0.677. The summed E-state index contributed by atoms with van der Waals surface area (Å²) in [6.07, 6.45) is -1.55. The van der Waals surface area contributed by atoms with Gasteiger partial charge < -0.3 is 34.3 Å². The van der Waals surface area contributed by atoms with Crippen LogP contribution in [0.5, 0.6) is 0 Å². The van der Waals surface area contributed by atoms with Crippen molar-refractivity contribution in [3.8, 4) is 0 Å². The Labute approximate surface area is 168 Å². The van der Waals surface area contributed by atoms with Crippen molar-refractivity contribution in [1.29, 1.82) is 0 Å². The number of fused-ring (bicyclic) bond motifs is 1. The third-order valence-corrected chi connectivity index (χ3v) is 5.10. The summed E-state index contributed by atoms with van der Waals surface area (Å²) in [4.78, 5) is 0. The van der Waals surface area contributed by atoms with Crippen molar-refractivity contribution in [3.05, 3.63) is 30.1 Å². The lowest BCUT2D eigenvalue weighted by Crippen LogP contribution is -2.53. The van der Waals surface area contributed by atoms with Crippen molar-refractivity contribution in [2.75, 3.05) is 11.9 Å². The summed E-state index contributed by atoms with van der Waals surface area (Å²) in [6, 6.07) is 5.65. The first-order valence-electron chi connectivity index (χ1n) is 9.28. The van der Waals surface area contributed by atoms with E-state index in [-0.39, 0.29) is 30.2 Å². The van der Waals surface area contributed by atoms with E-state index in [1.807, 2.05) is 27.7 Å². The number of hydrogen-bond donors (Lipinski definition) is 2. The normalized spacial score (nSPS) is 35.5. The van der Waals surface area contributed by atoms with Gasteiger partial charge in [-0.05, 0) is 64.2 Å². The molecule has 9 heteroatoms. The van der Waals surface area contributed by atoms with Gasteiger partial charge in [0.05, 0.1) is 12.6 Å². The van der Waals surface area contributed by atoms with E-state index in [1.54, 1.807) is 12.1 Å². The molecule has 3 aliphatic rings. The topological polar surface area (TPSA) is 70.2 Å². The van der Waals surface area contributed by atoms with E-state index >= 15 is 0 Å². The number of hydrogen-bond acceptors (Lipinski definition) is 6. The molecule has 1 aromatic carbocycles. The summed E-state index contributed by atoms with van der Waals surface area (Å²) < 4.78 is 42.8. The first kappa shape index (κ1) is 19.9. The lowest BCUT2D eigenvalue weighted by atomic mass is 10.0. The maximum atomic E-state index is 13.1. The Morgan fingerprint density at radius 3 is 2.39 bits per heavy atom. The van der Waals surface area contributed by atoms with Gasteiger partial charge in [0.25, 0.3) is 0 Å². The molecule has 0 saturated carbocycles. The van der Waals surface area contributed by atoms with Gasteiger partial charge >= 0.3 is 0 Å². The molecular formula is C19H25FN2O5S. The molecule has 3 heterocycles. The van der Waals surface area contributed by atoms with Crippen LogP contribution in [-0.4, -0.2) is 53.9 Å². The van der Waals surface area contributed by atoms with Crippen LogP contribution in [-0.2, 0) is 23.7 Å². The minimum Gasteiger partial charge on any atom is -0.354 e. The van der Waals surface area contributed by atoms with Gasteiger partial charge in [-0.2, -0.15) is 0 Å². The van der Waals surface area contributed by atoms with Crippen molar-refractivity contribution in [3.63, 3.8) is 0 Å². The van der Waals surface area contributed by atoms with Gasteiger partial charge in [-0.15, -0.1) is 0 Å². The Kier molecular flexibility index (Phi) is 5.09. The highest BCUT2D eigenvalue weighted by Crippen LogP contribution is 2.40. The highest BCUT2D eigenvalue weighted by molar-refractivity contribution is 7.80. The van der Waals surface area contributed by atoms with Crippen LogP contribution in [0.2, 0.25) is 0 Å². The van der Waals surface area contributed by atoms with Gasteiger partial charge in [-0.3, -0.25) is 0 Å². The van der Waals surface area contributed by atoms with Crippen molar-refractivity contribution in [1.82, 2.24) is 5.32 Å². The first-order valence-corrected chi connectivity index (χ1v) is 9.69. The number of thiocarbonyl (C=S) groups is 1. The molecule has 5 atom stereocenters. The van der Waals surface area contributed by atoms with E-state index in [4.69, 9.17) is 35.9 Å². The molecule has 28 heavy (non-hydrogen) atoms. The van der Waals surface area contributed by atoms with Crippen molar-refractivity contribution >= 4 is 23.0 Å². The number of nitrogens with one attached hydrogen (secondary N) is 2. The average molecular weight is 412 g/mol. The molecule has 3 fully saturated rings. The molecule has 1 aromatic rings. The maximum Gasteiger partial charge on any atom is 0.189 e. The van der Waals surface area contributed by atoms with Gasteiger partial charge in [0.2, 0.25) is 0 Å². The molecule has 0 aliphatic carbocycles. The summed E-state index contributed by atoms with van der Waals surface area (Å²) in [6.45, 7) is 7.81. The SMILES string of the molecule is CC1(C)OCC([C@H]2O[C@@H]3OC(C)(C)O[C@@H]3[C@H]2NC(=S)Nc2ccc(F)cc2)O1. The second-order valence-corrected chi connectivity index (χ2v) is 8.48. The fourth-order valence-electron chi connectivity index (χ4n) is 3.74. The van der Waals surface area contributed by atoms with Crippen molar-refractivity contribution in [2.45, 2.75) is 69.9 Å². The van der Waals surface area contributed by atoms with Crippen LogP contribution in [0.15, 0.2) is 24.3 Å². The maximum absolute atomic E-state index is 13.1. The van der Waals surface area contributed by atoms with Crippen molar-refractivity contribution in [2.24, 2.45) is 0 Å². The van der Waals surface area contributed by atoms with Crippen LogP contribution in [0.25, 0.3) is 0 Å². The molecule has 7 nitrogen and oxygen atoms in total. The zero-order chi connectivity index (χ0) is 20.1. The fraction of sp³-hybridized carbons (Fsp3) is 0.632. The highest BCUT2D eigenvalue weighted by Gasteiger charge is 2.58. The molecule has 0 radical (unpaired) electrons. The Balaban J connectivity index is 1.48. The predicted molar refractivity (Wildman–Crippen MR) is 103 cm³/mol. The number of ether oxygens (including phenoxy) is 5. The minimum absolute atomic E-state index is 0.290. The van der Waals surface area contributed by atoms with Crippen LogP contribution in [0.4, 0.5) is 10.1 Å². The summed E-state index contributed by atoms with van der Waals surface area (Å²) in [5.74, 6) is -1.74. The molecule has 0 bridgehead atoms. The summed E-state index contributed by atoms with van der Waals surface area (Å²) in [5, 5.41) is 6.69. The first-order chi connectivity index (χ1) is 13.1. The second kappa shape index (κ2) is 7.16. The lowest BCUT2D eigenvalue weighted by molar-refractivity contribution is -0.223. The van der Waals surface area contributed by atoms with E-state index in [2.05, 4.69) is 10.6 Å². The van der Waals surface area contributed by atoms with Crippen LogP contribution in [0, 0.1) is 5.82 Å². The van der Waals surface area contributed by atoms with Gasteiger partial charge in [-0.25, -0.2) is 4.39 Å². The minimum atomic E-state index is -0.751. The molecular weight excluding hydrogens is 387 g/mol. The van der Waals surface area contributed by atoms with Crippen LogP contribution < -0.4 is 10.6 Å². The quantitative estimate of drug-likeness (QED) is 0.734. The molecule has 154 valence electrons. The van der Waals surface area contributed by atoms with Crippen LogP contribution >= 0.6 is 12.2 Å². The number of rotatable bonds is 3. The fourth-order valence-corrected chi connectivity index (χ4v) is 4.00. The average Bonchev–Trinajstić information content (AvgIpc) is 3.20. The third kappa shape index (κ3) is 4.14. The van der Waals surface area contributed by atoms with E-state index in [9.17, 15) is 4.39 Å². The van der Waals surface area contributed by atoms with Gasteiger partial charge in [0, 0.05) is 5.69 Å². The molecule has 4 rings (SSSR count). The standard InChI is InChI=1S/C19H25FN2O5S/c1-18(2)23-9-12(25-18)14-13(15-16(24-14)27-19(3,4)26-15)22-17(28)21-11-7-5-10(20)6-8-11/h5-8,12-16H,9H2,1-4H3,(H2,21,22,28)/t12?,13-,14+,15+,16+/m0/s1. The predicted octanol–water partition coefficient (Wildman–Crippen LogP) is 2.51. The molecule has 0 aromatic heterocycles. The summed E-state index contributed by atoms with van der Waals surface area (Å²) in [7, 11) is 0. The monoisotopic (exact) mass is 412 g/mol. The van der Waals surface area contributed by atoms with Crippen LogP contribution in [0.1, 0.15) is 27.7 Å². The van der Waals surface area contributed by atoms with E-state index < -0.39 is 17.9 Å². The van der Waals surface area contributed by atoms with Gasteiger partial charge in [0.15, 0.2) is 23.0 Å². The molecule has 0 spiro atoms. The van der Waals surface area contributed by atoms with E-state index in [0.29, 0.717) is 17.4 Å².